The molecule has 1 saturated heterocycles. The SMILES string of the molecule is CN(C)C(=O)CN=C(NCCCOC1CCOC1)NCCSc1ccccc1.I. The number of aliphatic imine (C=N–C) groups is 1. The molecule has 1 aliphatic heterocycles. The Morgan fingerprint density at radius 1 is 1.28 bits per heavy atom. The minimum atomic E-state index is -0.0238. The largest absolute Gasteiger partial charge is 0.379 e. The number of ether oxygens (including phenoxy) is 2. The molecular weight excluding hydrogens is 503 g/mol. The third-order valence-corrected chi connectivity index (χ3v) is 5.15. The third kappa shape index (κ3) is 11.7. The Labute approximate surface area is 195 Å². The van der Waals surface area contributed by atoms with E-state index in [1.807, 2.05) is 18.2 Å². The molecule has 164 valence electrons. The molecule has 0 radical (unpaired) electrons. The Balaban J connectivity index is 0.00000420. The summed E-state index contributed by atoms with van der Waals surface area (Å²) in [6, 6.07) is 10.3. The van der Waals surface area contributed by atoms with Gasteiger partial charge >= 0.3 is 0 Å². The molecule has 0 aromatic heterocycles. The van der Waals surface area contributed by atoms with Crippen LogP contribution in [0.2, 0.25) is 0 Å². The van der Waals surface area contributed by atoms with Crippen LogP contribution < -0.4 is 10.6 Å². The highest BCUT2D eigenvalue weighted by atomic mass is 127. The third-order valence-electron chi connectivity index (χ3n) is 4.13. The summed E-state index contributed by atoms with van der Waals surface area (Å²) < 4.78 is 11.1. The van der Waals surface area contributed by atoms with Crippen molar-refractivity contribution in [2.45, 2.75) is 23.8 Å². The highest BCUT2D eigenvalue weighted by Gasteiger charge is 2.15. The summed E-state index contributed by atoms with van der Waals surface area (Å²) >= 11 is 1.79. The second-order valence-electron chi connectivity index (χ2n) is 6.68. The van der Waals surface area contributed by atoms with Crippen molar-refractivity contribution in [2.75, 3.05) is 59.3 Å². The van der Waals surface area contributed by atoms with Crippen molar-refractivity contribution >= 4 is 47.6 Å². The number of nitrogens with one attached hydrogen (secondary N) is 2. The summed E-state index contributed by atoms with van der Waals surface area (Å²) in [5, 5.41) is 6.59. The van der Waals surface area contributed by atoms with Gasteiger partial charge in [-0.1, -0.05) is 18.2 Å². The Morgan fingerprint density at radius 2 is 2.03 bits per heavy atom. The second kappa shape index (κ2) is 15.8. The second-order valence-corrected chi connectivity index (χ2v) is 7.85. The molecule has 1 aliphatic rings. The minimum absolute atomic E-state index is 0. The molecule has 2 rings (SSSR count). The molecule has 1 atom stereocenters. The van der Waals surface area contributed by atoms with Crippen molar-refractivity contribution in [3.63, 3.8) is 0 Å². The van der Waals surface area contributed by atoms with Crippen LogP contribution in [0.15, 0.2) is 40.2 Å². The van der Waals surface area contributed by atoms with Crippen LogP contribution in [0.5, 0.6) is 0 Å². The molecule has 1 unspecified atom stereocenters. The molecular formula is C20H33IN4O3S. The standard InChI is InChI=1S/C20H32N4O3S.HI/c1-24(2)19(25)15-23-20(21-10-6-12-27-17-9-13-26-16-17)22-11-14-28-18-7-4-3-5-8-18;/h3-5,7-8,17H,6,9-16H2,1-2H3,(H2,21,22,23);1H. The van der Waals surface area contributed by atoms with Crippen LogP contribution in [0.4, 0.5) is 0 Å². The summed E-state index contributed by atoms with van der Waals surface area (Å²) in [6.07, 6.45) is 2.09. The zero-order valence-electron chi connectivity index (χ0n) is 17.3. The van der Waals surface area contributed by atoms with E-state index in [2.05, 4.69) is 27.8 Å². The lowest BCUT2D eigenvalue weighted by molar-refractivity contribution is -0.127. The maximum absolute atomic E-state index is 11.8. The van der Waals surface area contributed by atoms with Crippen molar-refractivity contribution in [2.24, 2.45) is 4.99 Å². The summed E-state index contributed by atoms with van der Waals surface area (Å²) in [4.78, 5) is 19.0. The molecule has 1 aromatic rings. The van der Waals surface area contributed by atoms with E-state index in [-0.39, 0.29) is 42.5 Å². The summed E-state index contributed by atoms with van der Waals surface area (Å²) in [6.45, 7) is 3.82. The van der Waals surface area contributed by atoms with E-state index >= 15 is 0 Å². The fourth-order valence-corrected chi connectivity index (χ4v) is 3.28. The molecule has 1 heterocycles. The van der Waals surface area contributed by atoms with E-state index in [0.29, 0.717) is 19.2 Å². The number of nitrogens with zero attached hydrogens (tertiary/aromatic N) is 2. The van der Waals surface area contributed by atoms with E-state index in [4.69, 9.17) is 9.47 Å². The van der Waals surface area contributed by atoms with Crippen molar-refractivity contribution in [3.05, 3.63) is 30.3 Å². The van der Waals surface area contributed by atoms with Gasteiger partial charge in [-0.2, -0.15) is 0 Å². The fourth-order valence-electron chi connectivity index (χ4n) is 2.49. The minimum Gasteiger partial charge on any atom is -0.379 e. The number of hydrogen-bond acceptors (Lipinski definition) is 5. The number of halogens is 1. The number of carbonyl (C=O) groups excluding carboxylic acids is 1. The highest BCUT2D eigenvalue weighted by molar-refractivity contribution is 14.0. The molecule has 0 spiro atoms. The first-order valence-electron chi connectivity index (χ1n) is 9.74. The van der Waals surface area contributed by atoms with E-state index in [1.165, 1.54) is 4.90 Å². The molecule has 1 amide bonds. The van der Waals surface area contributed by atoms with Crippen LogP contribution in [0.3, 0.4) is 0 Å². The predicted octanol–water partition coefficient (Wildman–Crippen LogP) is 2.22. The van der Waals surface area contributed by atoms with Crippen molar-refractivity contribution in [1.82, 2.24) is 15.5 Å². The topological polar surface area (TPSA) is 75.2 Å². The number of hydrogen-bond donors (Lipinski definition) is 2. The zero-order valence-corrected chi connectivity index (χ0v) is 20.4. The van der Waals surface area contributed by atoms with Crippen LogP contribution in [-0.2, 0) is 14.3 Å². The molecule has 0 saturated carbocycles. The molecule has 0 bridgehead atoms. The van der Waals surface area contributed by atoms with Crippen LogP contribution >= 0.6 is 35.7 Å². The van der Waals surface area contributed by atoms with Gasteiger partial charge in [0.05, 0.1) is 12.7 Å². The van der Waals surface area contributed by atoms with Gasteiger partial charge in [0.15, 0.2) is 5.96 Å². The molecule has 0 aliphatic carbocycles. The first-order valence-corrected chi connectivity index (χ1v) is 10.7. The van der Waals surface area contributed by atoms with Gasteiger partial charge in [0, 0.05) is 51.0 Å². The smallest absolute Gasteiger partial charge is 0.243 e. The van der Waals surface area contributed by atoms with E-state index in [0.717, 1.165) is 38.3 Å². The van der Waals surface area contributed by atoms with Gasteiger partial charge < -0.3 is 25.0 Å². The summed E-state index contributed by atoms with van der Waals surface area (Å²) in [5.74, 6) is 1.55. The lowest BCUT2D eigenvalue weighted by Gasteiger charge is -2.14. The lowest BCUT2D eigenvalue weighted by atomic mass is 10.3. The van der Waals surface area contributed by atoms with Crippen molar-refractivity contribution < 1.29 is 14.3 Å². The van der Waals surface area contributed by atoms with E-state index in [9.17, 15) is 4.79 Å². The van der Waals surface area contributed by atoms with Gasteiger partial charge in [0.2, 0.25) is 5.91 Å². The maximum Gasteiger partial charge on any atom is 0.243 e. The highest BCUT2D eigenvalue weighted by Crippen LogP contribution is 2.15. The first kappa shape index (κ1) is 26.0. The van der Waals surface area contributed by atoms with Crippen LogP contribution in [0.25, 0.3) is 0 Å². The fraction of sp³-hybridized carbons (Fsp3) is 0.600. The van der Waals surface area contributed by atoms with Gasteiger partial charge in [0.25, 0.3) is 0 Å². The Morgan fingerprint density at radius 3 is 2.72 bits per heavy atom. The normalized spacial score (nSPS) is 16.2. The average molecular weight is 536 g/mol. The number of amides is 1. The summed E-state index contributed by atoms with van der Waals surface area (Å²) in [7, 11) is 3.47. The Bertz CT molecular complexity index is 599. The quantitative estimate of drug-likeness (QED) is 0.149. The summed E-state index contributed by atoms with van der Waals surface area (Å²) in [5.41, 5.74) is 0. The van der Waals surface area contributed by atoms with E-state index < -0.39 is 0 Å². The van der Waals surface area contributed by atoms with Crippen molar-refractivity contribution in [1.29, 1.82) is 0 Å². The van der Waals surface area contributed by atoms with Gasteiger partial charge in [-0.25, -0.2) is 4.99 Å². The molecule has 7 nitrogen and oxygen atoms in total. The molecule has 1 aromatic carbocycles. The van der Waals surface area contributed by atoms with E-state index in [1.54, 1.807) is 30.8 Å². The van der Waals surface area contributed by atoms with Gasteiger partial charge in [-0.3, -0.25) is 4.79 Å². The number of rotatable bonds is 11. The lowest BCUT2D eigenvalue weighted by Crippen LogP contribution is -2.40. The monoisotopic (exact) mass is 536 g/mol. The van der Waals surface area contributed by atoms with Gasteiger partial charge in [0.1, 0.15) is 6.54 Å². The maximum atomic E-state index is 11.8. The zero-order chi connectivity index (χ0) is 20.0. The van der Waals surface area contributed by atoms with Crippen LogP contribution in [0.1, 0.15) is 12.8 Å². The number of benzene rings is 1. The van der Waals surface area contributed by atoms with Crippen molar-refractivity contribution in [3.8, 4) is 0 Å². The molecule has 29 heavy (non-hydrogen) atoms. The number of carbonyl (C=O) groups is 1. The molecule has 1 fully saturated rings. The molecule has 2 N–H and O–H groups in total. The number of likely N-dealkylation sites (N-methyl/N-ethyl adjacent to an activating group) is 1. The first-order chi connectivity index (χ1) is 13.6. The van der Waals surface area contributed by atoms with Crippen LogP contribution in [-0.4, -0.2) is 82.2 Å². The predicted molar refractivity (Wildman–Crippen MR) is 129 cm³/mol. The number of thioether (sulfide) groups is 1. The Hall–Kier alpha value is -1.04. The van der Waals surface area contributed by atoms with Crippen LogP contribution in [0, 0.1) is 0 Å². The Kier molecular flexibility index (Phi) is 14.1. The number of guanidine groups is 1. The van der Waals surface area contributed by atoms with Gasteiger partial charge in [-0.15, -0.1) is 35.7 Å². The van der Waals surface area contributed by atoms with Gasteiger partial charge in [-0.05, 0) is 25.0 Å². The molecule has 9 heteroatoms. The average Bonchev–Trinajstić information content (AvgIpc) is 3.22.